The molecule has 0 bridgehead atoms. The first kappa shape index (κ1) is 19.5. The van der Waals surface area contributed by atoms with Gasteiger partial charge in [0.05, 0.1) is 12.3 Å². The largest absolute Gasteiger partial charge is 0.494 e. The van der Waals surface area contributed by atoms with Gasteiger partial charge in [-0.1, -0.05) is 5.92 Å². The Labute approximate surface area is 164 Å². The summed E-state index contributed by atoms with van der Waals surface area (Å²) in [6.45, 7) is 6.37. The molecule has 0 aliphatic carbocycles. The monoisotopic (exact) mass is 380 g/mol. The minimum atomic E-state index is -0.184. The van der Waals surface area contributed by atoms with Crippen LogP contribution in [0.15, 0.2) is 30.3 Å². The maximum atomic E-state index is 12.8. The van der Waals surface area contributed by atoms with E-state index >= 15 is 0 Å². The molecule has 2 heterocycles. The van der Waals surface area contributed by atoms with Gasteiger partial charge < -0.3 is 14.5 Å². The Bertz CT molecular complexity index is 892. The van der Waals surface area contributed by atoms with Crippen LogP contribution in [0.2, 0.25) is 0 Å². The van der Waals surface area contributed by atoms with E-state index < -0.39 is 0 Å². The van der Waals surface area contributed by atoms with Crippen LogP contribution in [0.3, 0.4) is 0 Å². The summed E-state index contributed by atoms with van der Waals surface area (Å²) in [5.41, 5.74) is 2.05. The van der Waals surface area contributed by atoms with Crippen molar-refractivity contribution >= 4 is 11.8 Å². The maximum Gasteiger partial charge on any atom is 0.298 e. The molecule has 2 aromatic rings. The summed E-state index contributed by atoms with van der Waals surface area (Å²) in [5.74, 6) is 5.70. The number of nitrogens with one attached hydrogen (secondary N) is 1. The van der Waals surface area contributed by atoms with Crippen LogP contribution in [0.5, 0.6) is 5.75 Å². The van der Waals surface area contributed by atoms with Crippen LogP contribution < -0.4 is 4.74 Å². The molecule has 1 saturated heterocycles. The molecular weight excluding hydrogens is 356 g/mol. The second-order valence-corrected chi connectivity index (χ2v) is 6.44. The molecule has 7 heteroatoms. The van der Waals surface area contributed by atoms with E-state index in [1.165, 1.54) is 0 Å². The van der Waals surface area contributed by atoms with Crippen molar-refractivity contribution < 1.29 is 14.3 Å². The number of benzene rings is 1. The van der Waals surface area contributed by atoms with Gasteiger partial charge in [-0.15, -0.1) is 0 Å². The first-order chi connectivity index (χ1) is 13.6. The van der Waals surface area contributed by atoms with Gasteiger partial charge in [-0.05, 0) is 56.5 Å². The number of rotatable bonds is 4. The lowest BCUT2D eigenvalue weighted by atomic mass is 10.1. The number of amides is 2. The number of aromatic nitrogens is 2. The van der Waals surface area contributed by atoms with Gasteiger partial charge in [-0.3, -0.25) is 14.7 Å². The van der Waals surface area contributed by atoms with E-state index in [4.69, 9.17) is 4.74 Å². The molecule has 1 aromatic heterocycles. The fraction of sp³-hybridized carbons (Fsp3) is 0.381. The molecular formula is C21H24N4O3. The second kappa shape index (κ2) is 9.09. The van der Waals surface area contributed by atoms with E-state index in [2.05, 4.69) is 22.0 Å². The molecule has 1 aliphatic rings. The number of carbonyl (C=O) groups excluding carboxylic acids is 2. The molecule has 0 atom stereocenters. The summed E-state index contributed by atoms with van der Waals surface area (Å²) in [5, 5.41) is 7.11. The summed E-state index contributed by atoms with van der Waals surface area (Å²) in [7, 11) is 0. The molecule has 0 spiro atoms. The van der Waals surface area contributed by atoms with Crippen molar-refractivity contribution in [1.29, 1.82) is 0 Å². The number of ether oxygens (including phenoxy) is 1. The number of aromatic amines is 1. The zero-order valence-electron chi connectivity index (χ0n) is 16.2. The quantitative estimate of drug-likeness (QED) is 0.825. The summed E-state index contributed by atoms with van der Waals surface area (Å²) in [4.78, 5) is 28.2. The van der Waals surface area contributed by atoms with Gasteiger partial charge in [0.25, 0.3) is 11.8 Å². The van der Waals surface area contributed by atoms with Crippen molar-refractivity contribution in [2.45, 2.75) is 20.3 Å². The van der Waals surface area contributed by atoms with Gasteiger partial charge >= 0.3 is 0 Å². The molecule has 0 saturated carbocycles. The lowest BCUT2D eigenvalue weighted by molar-refractivity contribution is -0.125. The second-order valence-electron chi connectivity index (χ2n) is 6.44. The first-order valence-electron chi connectivity index (χ1n) is 9.42. The number of H-pyrrole nitrogens is 1. The first-order valence-corrected chi connectivity index (χ1v) is 9.42. The maximum absolute atomic E-state index is 12.8. The summed E-state index contributed by atoms with van der Waals surface area (Å²) in [6.07, 6.45) is 0.725. The molecule has 1 aromatic carbocycles. The highest BCUT2D eigenvalue weighted by molar-refractivity contribution is 5.94. The van der Waals surface area contributed by atoms with Crippen LogP contribution in [0.25, 0.3) is 11.3 Å². The van der Waals surface area contributed by atoms with Crippen molar-refractivity contribution in [2.24, 2.45) is 0 Å². The standard InChI is InChI=1S/C21H24N4O3/c1-3-6-20(26)24-11-5-12-25(14-13-24)21(27)19-15-18(22-23-19)16-7-9-17(10-8-16)28-4-2/h7-10,15H,4-5,11-14H2,1-2H3,(H,22,23). The van der Waals surface area contributed by atoms with Crippen LogP contribution in [0.4, 0.5) is 0 Å². The van der Waals surface area contributed by atoms with Crippen LogP contribution in [-0.4, -0.2) is 64.6 Å². The van der Waals surface area contributed by atoms with Gasteiger partial charge in [0.15, 0.2) is 0 Å². The Balaban J connectivity index is 1.66. The Morgan fingerprint density at radius 1 is 1.14 bits per heavy atom. The molecule has 28 heavy (non-hydrogen) atoms. The van der Waals surface area contributed by atoms with Crippen LogP contribution in [0.1, 0.15) is 30.8 Å². The van der Waals surface area contributed by atoms with Crippen LogP contribution >= 0.6 is 0 Å². The minimum Gasteiger partial charge on any atom is -0.494 e. The molecule has 1 aliphatic heterocycles. The Morgan fingerprint density at radius 2 is 1.86 bits per heavy atom. The third-order valence-electron chi connectivity index (χ3n) is 4.57. The summed E-state index contributed by atoms with van der Waals surface area (Å²) >= 11 is 0. The zero-order valence-corrected chi connectivity index (χ0v) is 16.2. The van der Waals surface area contributed by atoms with Crippen molar-refractivity contribution in [3.8, 4) is 28.8 Å². The van der Waals surface area contributed by atoms with Gasteiger partial charge in [-0.25, -0.2) is 0 Å². The number of hydrogen-bond donors (Lipinski definition) is 1. The SMILES string of the molecule is CC#CC(=O)N1CCCN(C(=O)c2cc(-c3ccc(OCC)cc3)n[nH]2)CC1. The number of carbonyl (C=O) groups is 2. The average Bonchev–Trinajstić information content (AvgIpc) is 3.06. The highest BCUT2D eigenvalue weighted by Gasteiger charge is 2.23. The molecule has 2 amide bonds. The zero-order chi connectivity index (χ0) is 19.9. The summed E-state index contributed by atoms with van der Waals surface area (Å²) in [6, 6.07) is 9.36. The number of hydrogen-bond acceptors (Lipinski definition) is 4. The van der Waals surface area contributed by atoms with E-state index in [-0.39, 0.29) is 11.8 Å². The van der Waals surface area contributed by atoms with E-state index in [0.717, 1.165) is 17.7 Å². The highest BCUT2D eigenvalue weighted by Crippen LogP contribution is 2.22. The lowest BCUT2D eigenvalue weighted by Gasteiger charge is -2.20. The molecule has 3 rings (SSSR count). The van der Waals surface area contributed by atoms with E-state index in [0.29, 0.717) is 44.2 Å². The van der Waals surface area contributed by atoms with Gasteiger partial charge in [0.2, 0.25) is 0 Å². The Kier molecular flexibility index (Phi) is 6.33. The smallest absolute Gasteiger partial charge is 0.298 e. The van der Waals surface area contributed by atoms with Gasteiger partial charge in [0, 0.05) is 31.7 Å². The molecule has 7 nitrogen and oxygen atoms in total. The molecule has 0 unspecified atom stereocenters. The highest BCUT2D eigenvalue weighted by atomic mass is 16.5. The van der Waals surface area contributed by atoms with Gasteiger partial charge in [-0.2, -0.15) is 5.10 Å². The average molecular weight is 380 g/mol. The summed E-state index contributed by atoms with van der Waals surface area (Å²) < 4.78 is 5.45. The van der Waals surface area contributed by atoms with Crippen LogP contribution in [-0.2, 0) is 4.79 Å². The van der Waals surface area contributed by atoms with Crippen molar-refractivity contribution in [1.82, 2.24) is 20.0 Å². The third-order valence-corrected chi connectivity index (χ3v) is 4.57. The third kappa shape index (κ3) is 4.52. The topological polar surface area (TPSA) is 78.5 Å². The van der Waals surface area contributed by atoms with E-state index in [9.17, 15) is 9.59 Å². The normalized spacial score (nSPS) is 14.1. The van der Waals surface area contributed by atoms with Crippen molar-refractivity contribution in [2.75, 3.05) is 32.8 Å². The lowest BCUT2D eigenvalue weighted by Crippen LogP contribution is -2.37. The molecule has 1 fully saturated rings. The fourth-order valence-corrected chi connectivity index (χ4v) is 3.15. The molecule has 146 valence electrons. The van der Waals surface area contributed by atoms with E-state index in [1.54, 1.807) is 22.8 Å². The molecule has 1 N–H and O–H groups in total. The Hall–Kier alpha value is -3.27. The van der Waals surface area contributed by atoms with Crippen molar-refractivity contribution in [3.05, 3.63) is 36.0 Å². The van der Waals surface area contributed by atoms with Crippen molar-refractivity contribution in [3.63, 3.8) is 0 Å². The van der Waals surface area contributed by atoms with Gasteiger partial charge in [0.1, 0.15) is 11.4 Å². The fourth-order valence-electron chi connectivity index (χ4n) is 3.15. The minimum absolute atomic E-state index is 0.111. The predicted molar refractivity (Wildman–Crippen MR) is 106 cm³/mol. The molecule has 0 radical (unpaired) electrons. The predicted octanol–water partition coefficient (Wildman–Crippen LogP) is 2.17. The van der Waals surface area contributed by atoms with E-state index in [1.807, 2.05) is 31.2 Å². The number of nitrogens with zero attached hydrogens (tertiary/aromatic N) is 3. The van der Waals surface area contributed by atoms with Crippen LogP contribution in [0, 0.1) is 11.8 Å². The Morgan fingerprint density at radius 3 is 2.57 bits per heavy atom.